The summed E-state index contributed by atoms with van der Waals surface area (Å²) in [7, 11) is 1.63. The summed E-state index contributed by atoms with van der Waals surface area (Å²) in [6.45, 7) is 2.66. The summed E-state index contributed by atoms with van der Waals surface area (Å²) in [5.74, 6) is 1.94. The van der Waals surface area contributed by atoms with Gasteiger partial charge in [0.05, 0.1) is 12.9 Å². The number of ether oxygens (including phenoxy) is 1. The van der Waals surface area contributed by atoms with E-state index in [0.717, 1.165) is 16.5 Å². The molecule has 1 aromatic heterocycles. The normalized spacial score (nSPS) is 22.6. The Balaban J connectivity index is 1.92. The summed E-state index contributed by atoms with van der Waals surface area (Å²) >= 11 is 1.54. The lowest BCUT2D eigenvalue weighted by Gasteiger charge is -2.33. The first-order valence-corrected chi connectivity index (χ1v) is 8.43. The van der Waals surface area contributed by atoms with E-state index in [0.29, 0.717) is 18.1 Å². The molecular formula is C17H19N3O2S. The van der Waals surface area contributed by atoms with E-state index >= 15 is 0 Å². The second-order valence-electron chi connectivity index (χ2n) is 5.16. The van der Waals surface area contributed by atoms with Gasteiger partial charge in [0, 0.05) is 18.3 Å². The van der Waals surface area contributed by atoms with Gasteiger partial charge in [0.1, 0.15) is 5.75 Å². The first kappa shape index (κ1) is 15.8. The number of methoxy groups -OCH3 is 1. The molecule has 1 fully saturated rings. The molecule has 2 aromatic rings. The average molecular weight is 329 g/mol. The van der Waals surface area contributed by atoms with Gasteiger partial charge >= 0.3 is 0 Å². The number of aromatic nitrogens is 1. The van der Waals surface area contributed by atoms with Crippen LogP contribution in [0.1, 0.15) is 12.5 Å². The van der Waals surface area contributed by atoms with Crippen LogP contribution in [0.3, 0.4) is 0 Å². The van der Waals surface area contributed by atoms with Gasteiger partial charge in [-0.2, -0.15) is 0 Å². The number of hydrogen-bond donors (Lipinski definition) is 1. The smallest absolute Gasteiger partial charge is 0.175 e. The molecule has 0 radical (unpaired) electrons. The van der Waals surface area contributed by atoms with Gasteiger partial charge in [-0.1, -0.05) is 30.0 Å². The summed E-state index contributed by atoms with van der Waals surface area (Å²) in [5.41, 5.74) is -0.238. The van der Waals surface area contributed by atoms with E-state index in [4.69, 9.17) is 4.74 Å². The molecule has 120 valence electrons. The van der Waals surface area contributed by atoms with Gasteiger partial charge in [0.25, 0.3) is 0 Å². The van der Waals surface area contributed by atoms with Crippen molar-refractivity contribution >= 4 is 22.7 Å². The minimum atomic E-state index is -1.07. The monoisotopic (exact) mass is 329 g/mol. The van der Waals surface area contributed by atoms with Crippen molar-refractivity contribution < 1.29 is 9.84 Å². The summed E-state index contributed by atoms with van der Waals surface area (Å²) in [6.07, 6.45) is 1.71. The van der Waals surface area contributed by atoms with Crippen molar-refractivity contribution in [2.75, 3.05) is 19.4 Å². The molecule has 3 rings (SSSR count). The molecule has 0 bridgehead atoms. The van der Waals surface area contributed by atoms with Crippen molar-refractivity contribution in [3.05, 3.63) is 54.2 Å². The molecule has 23 heavy (non-hydrogen) atoms. The summed E-state index contributed by atoms with van der Waals surface area (Å²) in [4.78, 5) is 10.7. The molecule has 0 amide bonds. The quantitative estimate of drug-likeness (QED) is 0.934. The van der Waals surface area contributed by atoms with Gasteiger partial charge in [0.15, 0.2) is 16.7 Å². The maximum Gasteiger partial charge on any atom is 0.175 e. The highest BCUT2D eigenvalue weighted by Crippen LogP contribution is 2.39. The van der Waals surface area contributed by atoms with E-state index in [9.17, 15) is 5.11 Å². The maximum atomic E-state index is 11.2. The van der Waals surface area contributed by atoms with E-state index in [1.807, 2.05) is 54.3 Å². The molecule has 0 aliphatic carbocycles. The van der Waals surface area contributed by atoms with E-state index in [2.05, 4.69) is 9.98 Å². The molecule has 6 heteroatoms. The Labute approximate surface area is 140 Å². The molecule has 1 aliphatic heterocycles. The third-order valence-corrected chi connectivity index (χ3v) is 4.92. The van der Waals surface area contributed by atoms with Crippen LogP contribution in [0.25, 0.3) is 0 Å². The number of pyridine rings is 1. The molecule has 5 nitrogen and oxygen atoms in total. The predicted octanol–water partition coefficient (Wildman–Crippen LogP) is 2.99. The van der Waals surface area contributed by atoms with Gasteiger partial charge in [-0.3, -0.25) is 0 Å². The highest BCUT2D eigenvalue weighted by Gasteiger charge is 2.44. The molecular weight excluding hydrogens is 310 g/mol. The summed E-state index contributed by atoms with van der Waals surface area (Å²) in [6, 6.07) is 13.1. The SMILES string of the molecule is CCN1C(=Nc2ccccn2)SCC1(O)c1ccc(OC)cc1. The lowest BCUT2D eigenvalue weighted by atomic mass is 10.0. The van der Waals surface area contributed by atoms with Gasteiger partial charge in [0.2, 0.25) is 0 Å². The van der Waals surface area contributed by atoms with Crippen molar-refractivity contribution in [2.45, 2.75) is 12.6 Å². The number of benzene rings is 1. The average Bonchev–Trinajstić information content (AvgIpc) is 2.92. The maximum absolute atomic E-state index is 11.2. The molecule has 1 N–H and O–H groups in total. The minimum absolute atomic E-state index is 0.527. The van der Waals surface area contributed by atoms with Gasteiger partial charge in [-0.25, -0.2) is 9.98 Å². The molecule has 0 saturated carbocycles. The van der Waals surface area contributed by atoms with Crippen LogP contribution < -0.4 is 4.74 Å². The Hall–Kier alpha value is -2.05. The largest absolute Gasteiger partial charge is 0.497 e. The first-order chi connectivity index (χ1) is 11.2. The van der Waals surface area contributed by atoms with Crippen molar-refractivity contribution in [1.29, 1.82) is 0 Å². The van der Waals surface area contributed by atoms with Crippen LogP contribution in [0.2, 0.25) is 0 Å². The predicted molar refractivity (Wildman–Crippen MR) is 93.1 cm³/mol. The van der Waals surface area contributed by atoms with Gasteiger partial charge in [-0.15, -0.1) is 0 Å². The van der Waals surface area contributed by atoms with Gasteiger partial charge in [-0.05, 0) is 31.2 Å². The van der Waals surface area contributed by atoms with Crippen LogP contribution in [0, 0.1) is 0 Å². The Kier molecular flexibility index (Phi) is 4.54. The lowest BCUT2D eigenvalue weighted by molar-refractivity contribution is -0.0452. The number of thioether (sulfide) groups is 1. The first-order valence-electron chi connectivity index (χ1n) is 7.44. The Morgan fingerprint density at radius 1 is 1.30 bits per heavy atom. The van der Waals surface area contributed by atoms with Crippen molar-refractivity contribution in [3.63, 3.8) is 0 Å². The fraction of sp³-hybridized carbons (Fsp3) is 0.294. The third-order valence-electron chi connectivity index (χ3n) is 3.81. The Bertz CT molecular complexity index is 691. The lowest BCUT2D eigenvalue weighted by Crippen LogP contribution is -2.44. The second kappa shape index (κ2) is 6.60. The summed E-state index contributed by atoms with van der Waals surface area (Å²) < 4.78 is 5.19. The van der Waals surface area contributed by atoms with E-state index < -0.39 is 5.72 Å². The van der Waals surface area contributed by atoms with Crippen molar-refractivity contribution in [1.82, 2.24) is 9.88 Å². The third kappa shape index (κ3) is 3.04. The molecule has 1 atom stereocenters. The van der Waals surface area contributed by atoms with E-state index in [1.54, 1.807) is 13.3 Å². The molecule has 1 aromatic carbocycles. The second-order valence-corrected chi connectivity index (χ2v) is 6.10. The van der Waals surface area contributed by atoms with Crippen LogP contribution >= 0.6 is 11.8 Å². The van der Waals surface area contributed by atoms with E-state index in [-0.39, 0.29) is 0 Å². The fourth-order valence-corrected chi connectivity index (χ4v) is 3.83. The summed E-state index contributed by atoms with van der Waals surface area (Å²) in [5, 5.41) is 12.0. The molecule has 1 unspecified atom stereocenters. The number of aliphatic imine (C=N–C) groups is 1. The topological polar surface area (TPSA) is 58.0 Å². The number of rotatable bonds is 4. The van der Waals surface area contributed by atoms with Gasteiger partial charge < -0.3 is 14.7 Å². The molecule has 1 aliphatic rings. The van der Waals surface area contributed by atoms with E-state index in [1.165, 1.54) is 11.8 Å². The highest BCUT2D eigenvalue weighted by molar-refractivity contribution is 8.14. The highest BCUT2D eigenvalue weighted by atomic mass is 32.2. The van der Waals surface area contributed by atoms with Crippen molar-refractivity contribution in [3.8, 4) is 5.75 Å². The number of amidine groups is 1. The van der Waals surface area contributed by atoms with Crippen LogP contribution in [0.5, 0.6) is 5.75 Å². The molecule has 2 heterocycles. The molecule has 0 spiro atoms. The number of nitrogens with zero attached hydrogens (tertiary/aromatic N) is 3. The van der Waals surface area contributed by atoms with Crippen LogP contribution in [0.4, 0.5) is 5.82 Å². The Morgan fingerprint density at radius 2 is 2.09 bits per heavy atom. The van der Waals surface area contributed by atoms with Crippen LogP contribution in [-0.4, -0.2) is 39.6 Å². The molecule has 1 saturated heterocycles. The zero-order valence-electron chi connectivity index (χ0n) is 13.1. The number of hydrogen-bond acceptors (Lipinski definition) is 5. The van der Waals surface area contributed by atoms with Crippen LogP contribution in [0.15, 0.2) is 53.7 Å². The van der Waals surface area contributed by atoms with Crippen LogP contribution in [-0.2, 0) is 5.72 Å². The van der Waals surface area contributed by atoms with Crippen molar-refractivity contribution in [2.24, 2.45) is 4.99 Å². The minimum Gasteiger partial charge on any atom is -0.497 e. The fourth-order valence-electron chi connectivity index (χ4n) is 2.58. The Morgan fingerprint density at radius 3 is 2.70 bits per heavy atom. The zero-order chi connectivity index (χ0) is 16.3. The zero-order valence-corrected chi connectivity index (χ0v) is 14.0. The number of aliphatic hydroxyl groups is 1. The standard InChI is InChI=1S/C17H19N3O2S/c1-3-20-16(19-15-6-4-5-11-18-15)23-12-17(20,21)13-7-9-14(22-2)10-8-13/h4-11,21H,3,12H2,1-2H3.